The first-order chi connectivity index (χ1) is 12.1. The molecule has 2 aromatic rings. The molecule has 0 saturated carbocycles. The molecule has 0 aliphatic heterocycles. The lowest BCUT2D eigenvalue weighted by Gasteiger charge is -2.26. The minimum atomic E-state index is -3.86. The Morgan fingerprint density at radius 3 is 2.12 bits per heavy atom. The number of aryl methyl sites for hydroxylation is 3. The summed E-state index contributed by atoms with van der Waals surface area (Å²) in [5.74, 6) is -0.337. The number of carbonyl (C=O) groups is 1. The number of rotatable bonds is 6. The topological polar surface area (TPSA) is 66.5 Å². The summed E-state index contributed by atoms with van der Waals surface area (Å²) in [5, 5.41) is 2.76. The summed E-state index contributed by atoms with van der Waals surface area (Å²) in [4.78, 5) is 12.5. The molecule has 1 N–H and O–H groups in total. The van der Waals surface area contributed by atoms with E-state index in [0.717, 1.165) is 16.7 Å². The zero-order valence-electron chi connectivity index (χ0n) is 15.9. The van der Waals surface area contributed by atoms with E-state index >= 15 is 0 Å². The number of amides is 1. The fraction of sp³-hybridized carbons (Fsp3) is 0.350. The lowest BCUT2D eigenvalue weighted by molar-refractivity contribution is -0.120. The average molecular weight is 375 g/mol. The van der Waals surface area contributed by atoms with Crippen molar-refractivity contribution in [2.45, 2.75) is 45.6 Å². The Balaban J connectivity index is 2.52. The number of anilines is 1. The minimum absolute atomic E-state index is 0.0643. The van der Waals surface area contributed by atoms with Gasteiger partial charge in [0.15, 0.2) is 0 Å². The first kappa shape index (κ1) is 20.0. The highest BCUT2D eigenvalue weighted by molar-refractivity contribution is 7.92. The summed E-state index contributed by atoms with van der Waals surface area (Å²) in [7, 11) is -3.86. The second kappa shape index (κ2) is 7.91. The molecule has 2 aromatic carbocycles. The van der Waals surface area contributed by atoms with E-state index in [1.54, 1.807) is 30.3 Å². The Hall–Kier alpha value is -2.34. The lowest BCUT2D eigenvalue weighted by atomic mass is 10.1. The third-order valence-electron chi connectivity index (χ3n) is 3.97. The number of hydrogen-bond acceptors (Lipinski definition) is 3. The van der Waals surface area contributed by atoms with Gasteiger partial charge in [-0.15, -0.1) is 0 Å². The normalized spacial score (nSPS) is 11.5. The highest BCUT2D eigenvalue weighted by Crippen LogP contribution is 2.27. The van der Waals surface area contributed by atoms with Gasteiger partial charge in [-0.1, -0.05) is 35.4 Å². The molecule has 0 heterocycles. The van der Waals surface area contributed by atoms with E-state index < -0.39 is 10.0 Å². The largest absolute Gasteiger partial charge is 0.352 e. The van der Waals surface area contributed by atoms with E-state index in [-0.39, 0.29) is 23.4 Å². The van der Waals surface area contributed by atoms with Crippen molar-refractivity contribution in [1.29, 1.82) is 0 Å². The van der Waals surface area contributed by atoms with Gasteiger partial charge in [-0.2, -0.15) is 0 Å². The molecule has 0 aromatic heterocycles. The number of hydrogen-bond donors (Lipinski definition) is 1. The number of nitrogens with one attached hydrogen (secondary N) is 1. The van der Waals surface area contributed by atoms with Crippen LogP contribution in [0.2, 0.25) is 0 Å². The van der Waals surface area contributed by atoms with E-state index in [9.17, 15) is 13.2 Å². The van der Waals surface area contributed by atoms with Gasteiger partial charge in [0.1, 0.15) is 6.54 Å². The number of sulfonamides is 1. The molecule has 0 aliphatic carbocycles. The summed E-state index contributed by atoms with van der Waals surface area (Å²) in [6, 6.07) is 12.1. The second-order valence-corrected chi connectivity index (χ2v) is 8.70. The van der Waals surface area contributed by atoms with Crippen molar-refractivity contribution in [1.82, 2.24) is 5.32 Å². The van der Waals surface area contributed by atoms with Crippen LogP contribution in [0.1, 0.15) is 30.5 Å². The molecule has 0 bridgehead atoms. The van der Waals surface area contributed by atoms with Crippen molar-refractivity contribution in [2.24, 2.45) is 0 Å². The van der Waals surface area contributed by atoms with Gasteiger partial charge < -0.3 is 5.32 Å². The Morgan fingerprint density at radius 2 is 1.58 bits per heavy atom. The smallest absolute Gasteiger partial charge is 0.264 e. The summed E-state index contributed by atoms with van der Waals surface area (Å²) in [6.07, 6.45) is 0. The summed E-state index contributed by atoms with van der Waals surface area (Å²) in [5.41, 5.74) is 3.32. The SMILES string of the molecule is Cc1ccc(S(=O)(=O)N(CC(=O)NC(C)C)c2ccc(C)cc2C)cc1. The molecule has 0 spiro atoms. The molecular weight excluding hydrogens is 348 g/mol. The average Bonchev–Trinajstić information content (AvgIpc) is 2.53. The molecule has 26 heavy (non-hydrogen) atoms. The minimum Gasteiger partial charge on any atom is -0.352 e. The summed E-state index contributed by atoms with van der Waals surface area (Å²) < 4.78 is 27.7. The maximum atomic E-state index is 13.2. The van der Waals surface area contributed by atoms with Gasteiger partial charge in [0.2, 0.25) is 5.91 Å². The molecule has 6 heteroatoms. The van der Waals surface area contributed by atoms with E-state index in [4.69, 9.17) is 0 Å². The van der Waals surface area contributed by atoms with Crippen LogP contribution < -0.4 is 9.62 Å². The van der Waals surface area contributed by atoms with Crippen molar-refractivity contribution in [3.05, 3.63) is 59.2 Å². The molecule has 0 atom stereocenters. The highest BCUT2D eigenvalue weighted by atomic mass is 32.2. The molecule has 0 radical (unpaired) electrons. The zero-order valence-corrected chi connectivity index (χ0v) is 16.7. The van der Waals surface area contributed by atoms with Gasteiger partial charge in [0.05, 0.1) is 10.6 Å². The number of benzene rings is 2. The van der Waals surface area contributed by atoms with Crippen LogP contribution in [0.3, 0.4) is 0 Å². The van der Waals surface area contributed by atoms with E-state index in [1.807, 2.05) is 46.8 Å². The number of carbonyl (C=O) groups excluding carboxylic acids is 1. The van der Waals surface area contributed by atoms with Crippen LogP contribution in [-0.2, 0) is 14.8 Å². The predicted molar refractivity (Wildman–Crippen MR) is 105 cm³/mol. The predicted octanol–water partition coefficient (Wildman–Crippen LogP) is 3.33. The first-order valence-electron chi connectivity index (χ1n) is 8.57. The molecule has 5 nitrogen and oxygen atoms in total. The standard InChI is InChI=1S/C20H26N2O3S/c1-14(2)21-20(23)13-22(19-11-8-16(4)12-17(19)5)26(24,25)18-9-6-15(3)7-10-18/h6-12,14H,13H2,1-5H3,(H,21,23). The van der Waals surface area contributed by atoms with Crippen LogP contribution in [0.4, 0.5) is 5.69 Å². The van der Waals surface area contributed by atoms with Crippen LogP contribution >= 0.6 is 0 Å². The molecule has 0 saturated heterocycles. The van der Waals surface area contributed by atoms with Crippen molar-refractivity contribution >= 4 is 21.6 Å². The molecule has 0 fully saturated rings. The van der Waals surface area contributed by atoms with Gasteiger partial charge in [-0.05, 0) is 58.4 Å². The highest BCUT2D eigenvalue weighted by Gasteiger charge is 2.28. The molecule has 1 amide bonds. The Morgan fingerprint density at radius 1 is 1.00 bits per heavy atom. The van der Waals surface area contributed by atoms with Crippen LogP contribution in [0.25, 0.3) is 0 Å². The van der Waals surface area contributed by atoms with E-state index in [1.165, 1.54) is 4.31 Å². The summed E-state index contributed by atoms with van der Waals surface area (Å²) in [6.45, 7) is 9.11. The van der Waals surface area contributed by atoms with Gasteiger partial charge in [-0.25, -0.2) is 8.42 Å². The van der Waals surface area contributed by atoms with Crippen molar-refractivity contribution < 1.29 is 13.2 Å². The van der Waals surface area contributed by atoms with E-state index in [2.05, 4.69) is 5.32 Å². The Bertz CT molecular complexity index is 888. The Kier molecular flexibility index (Phi) is 6.08. The molecule has 2 rings (SSSR count). The van der Waals surface area contributed by atoms with Crippen molar-refractivity contribution in [2.75, 3.05) is 10.8 Å². The zero-order chi connectivity index (χ0) is 19.5. The van der Waals surface area contributed by atoms with Crippen LogP contribution in [-0.4, -0.2) is 26.9 Å². The molecular formula is C20H26N2O3S. The number of nitrogens with zero attached hydrogens (tertiary/aromatic N) is 1. The van der Waals surface area contributed by atoms with Gasteiger partial charge in [0, 0.05) is 6.04 Å². The first-order valence-corrected chi connectivity index (χ1v) is 10.0. The van der Waals surface area contributed by atoms with E-state index in [0.29, 0.717) is 5.69 Å². The van der Waals surface area contributed by atoms with Gasteiger partial charge in [-0.3, -0.25) is 9.10 Å². The Labute approximate surface area is 156 Å². The fourth-order valence-electron chi connectivity index (χ4n) is 2.72. The van der Waals surface area contributed by atoms with Crippen molar-refractivity contribution in [3.63, 3.8) is 0 Å². The quantitative estimate of drug-likeness (QED) is 0.843. The fourth-order valence-corrected chi connectivity index (χ4v) is 4.21. The maximum absolute atomic E-state index is 13.2. The van der Waals surface area contributed by atoms with Crippen LogP contribution in [0, 0.1) is 20.8 Å². The summed E-state index contributed by atoms with van der Waals surface area (Å²) >= 11 is 0. The lowest BCUT2D eigenvalue weighted by Crippen LogP contribution is -2.43. The van der Waals surface area contributed by atoms with Gasteiger partial charge in [0.25, 0.3) is 10.0 Å². The monoisotopic (exact) mass is 374 g/mol. The molecule has 0 aliphatic rings. The maximum Gasteiger partial charge on any atom is 0.264 e. The second-order valence-electron chi connectivity index (χ2n) is 6.84. The third kappa shape index (κ3) is 4.64. The molecule has 140 valence electrons. The van der Waals surface area contributed by atoms with Crippen LogP contribution in [0.5, 0.6) is 0 Å². The third-order valence-corrected chi connectivity index (χ3v) is 5.74. The van der Waals surface area contributed by atoms with Gasteiger partial charge >= 0.3 is 0 Å². The van der Waals surface area contributed by atoms with Crippen molar-refractivity contribution in [3.8, 4) is 0 Å². The van der Waals surface area contributed by atoms with Crippen LogP contribution in [0.15, 0.2) is 47.4 Å². The molecule has 0 unspecified atom stereocenters.